The van der Waals surface area contributed by atoms with Gasteiger partial charge in [-0.3, -0.25) is 0 Å². The number of nitrogens with one attached hydrogen (secondary N) is 2. The van der Waals surface area contributed by atoms with Crippen LogP contribution in [-0.4, -0.2) is 28.1 Å². The van der Waals surface area contributed by atoms with E-state index < -0.39 is 0 Å². The minimum absolute atomic E-state index is 0.561. The maximum atomic E-state index is 6.38. The molecule has 0 atom stereocenters. The smallest absolute Gasteiger partial charge is 0.145 e. The average molecular weight is 423 g/mol. The molecule has 2 fully saturated rings. The van der Waals surface area contributed by atoms with Crippen molar-refractivity contribution in [3.8, 4) is 0 Å². The number of aromatic nitrogens is 2. The Balaban J connectivity index is 1.46. The first-order valence-electron chi connectivity index (χ1n) is 9.48. The molecule has 1 aromatic heterocycles. The number of imidazole rings is 1. The molecular weight excluding hydrogens is 399 g/mol. The highest BCUT2D eigenvalue weighted by Gasteiger charge is 2.36. The van der Waals surface area contributed by atoms with Crippen molar-refractivity contribution in [3.05, 3.63) is 52.7 Å². The molecule has 2 heterocycles. The van der Waals surface area contributed by atoms with Crippen LogP contribution in [-0.2, 0) is 0 Å². The summed E-state index contributed by atoms with van der Waals surface area (Å²) in [6, 6.07) is 5.69. The van der Waals surface area contributed by atoms with Crippen LogP contribution in [0.1, 0.15) is 44.3 Å². The molecule has 7 heteroatoms. The van der Waals surface area contributed by atoms with Crippen LogP contribution in [0.3, 0.4) is 0 Å². The Morgan fingerprint density at radius 3 is 2.67 bits per heavy atom. The zero-order valence-corrected chi connectivity index (χ0v) is 17.5. The molecule has 2 aromatic rings. The van der Waals surface area contributed by atoms with Crippen LogP contribution in [0.25, 0.3) is 4.91 Å². The highest BCUT2D eigenvalue weighted by Crippen LogP contribution is 2.46. The first kappa shape index (κ1) is 19.2. The van der Waals surface area contributed by atoms with Crippen molar-refractivity contribution in [2.45, 2.75) is 43.4 Å². The van der Waals surface area contributed by atoms with Gasteiger partial charge in [0, 0.05) is 36.6 Å². The van der Waals surface area contributed by atoms with E-state index in [0.717, 1.165) is 28.7 Å². The normalized spacial score (nSPS) is 20.3. The molecule has 27 heavy (non-hydrogen) atoms. The largest absolute Gasteiger partial charge is 0.344 e. The molecule has 0 unspecified atom stereocenters. The van der Waals surface area contributed by atoms with Gasteiger partial charge in [0.1, 0.15) is 5.82 Å². The minimum atomic E-state index is 0.561. The van der Waals surface area contributed by atoms with Crippen molar-refractivity contribution >= 4 is 39.9 Å². The third-order valence-electron chi connectivity index (χ3n) is 5.73. The quantitative estimate of drug-likeness (QED) is 0.582. The summed E-state index contributed by atoms with van der Waals surface area (Å²) in [5.74, 6) is 0.813. The van der Waals surface area contributed by atoms with Crippen LogP contribution < -0.4 is 5.43 Å². The van der Waals surface area contributed by atoms with Gasteiger partial charge in [0.05, 0.1) is 15.0 Å². The van der Waals surface area contributed by atoms with Crippen LogP contribution in [0, 0.1) is 5.41 Å². The summed E-state index contributed by atoms with van der Waals surface area (Å²) >= 11 is 14.1. The number of halogens is 2. The fourth-order valence-electron chi connectivity index (χ4n) is 4.11. The summed E-state index contributed by atoms with van der Waals surface area (Å²) in [6.07, 6.45) is 13.8. The Morgan fingerprint density at radius 1 is 1.19 bits per heavy atom. The van der Waals surface area contributed by atoms with Crippen molar-refractivity contribution in [2.24, 2.45) is 5.41 Å². The molecule has 2 N–H and O–H groups in total. The number of hydrogen-bond acceptors (Lipinski definition) is 4. The van der Waals surface area contributed by atoms with Gasteiger partial charge in [-0.25, -0.2) is 9.99 Å². The maximum Gasteiger partial charge on any atom is 0.145 e. The molecule has 1 saturated heterocycles. The molecule has 144 valence electrons. The second-order valence-electron chi connectivity index (χ2n) is 7.42. The molecule has 1 aromatic carbocycles. The highest BCUT2D eigenvalue weighted by molar-refractivity contribution is 8.08. The standard InChI is InChI=1S/C20H24Cl2N4S/c21-15-4-3-5-16(18(15)22)27-17(19-23-10-11-24-19)14-25-26-12-8-20(9-13-26)6-1-2-7-20/h3-5,10-11,14,25H,1-2,6-9,12-13H2,(H,23,24)/b17-14+. The Bertz CT molecular complexity index is 790. The summed E-state index contributed by atoms with van der Waals surface area (Å²) in [5, 5.41) is 3.45. The van der Waals surface area contributed by atoms with E-state index in [1.165, 1.54) is 38.5 Å². The van der Waals surface area contributed by atoms with Crippen LogP contribution in [0.4, 0.5) is 0 Å². The molecule has 0 radical (unpaired) electrons. The lowest BCUT2D eigenvalue weighted by molar-refractivity contribution is 0.0842. The SMILES string of the molecule is Clc1cccc(S/C(=C/NN2CCC3(CCCC3)CC2)c2ncc[nH]2)c1Cl. The van der Waals surface area contributed by atoms with Crippen LogP contribution >= 0.6 is 35.0 Å². The summed E-state index contributed by atoms with van der Waals surface area (Å²) in [6.45, 7) is 2.18. The molecule has 4 rings (SSSR count). The van der Waals surface area contributed by atoms with Crippen LogP contribution in [0.15, 0.2) is 41.7 Å². The van der Waals surface area contributed by atoms with Gasteiger partial charge in [0.15, 0.2) is 0 Å². The van der Waals surface area contributed by atoms with E-state index in [4.69, 9.17) is 23.2 Å². The molecule has 0 bridgehead atoms. The second kappa shape index (κ2) is 8.48. The van der Waals surface area contributed by atoms with Gasteiger partial charge in [-0.05, 0) is 43.2 Å². The van der Waals surface area contributed by atoms with E-state index in [1.807, 2.05) is 24.5 Å². The van der Waals surface area contributed by atoms with Gasteiger partial charge in [0.2, 0.25) is 0 Å². The van der Waals surface area contributed by atoms with Gasteiger partial charge in [-0.2, -0.15) is 0 Å². The molecule has 1 aliphatic heterocycles. The van der Waals surface area contributed by atoms with E-state index >= 15 is 0 Å². The summed E-state index contributed by atoms with van der Waals surface area (Å²) in [7, 11) is 0. The zero-order valence-electron chi connectivity index (χ0n) is 15.2. The third kappa shape index (κ3) is 4.48. The first-order chi connectivity index (χ1) is 13.2. The number of thioether (sulfide) groups is 1. The van der Waals surface area contributed by atoms with E-state index in [0.29, 0.717) is 15.5 Å². The summed E-state index contributed by atoms with van der Waals surface area (Å²) in [5.41, 5.74) is 4.10. The molecule has 1 spiro atoms. The number of hydrazine groups is 1. The molecule has 4 nitrogen and oxygen atoms in total. The monoisotopic (exact) mass is 422 g/mol. The van der Waals surface area contributed by atoms with Crippen molar-refractivity contribution in [2.75, 3.05) is 13.1 Å². The van der Waals surface area contributed by atoms with Crippen molar-refractivity contribution < 1.29 is 0 Å². The topological polar surface area (TPSA) is 44.0 Å². The number of aromatic amines is 1. The molecule has 1 saturated carbocycles. The lowest BCUT2D eigenvalue weighted by atomic mass is 9.77. The fourth-order valence-corrected chi connectivity index (χ4v) is 5.49. The van der Waals surface area contributed by atoms with Crippen molar-refractivity contribution in [3.63, 3.8) is 0 Å². The minimum Gasteiger partial charge on any atom is -0.344 e. The maximum absolute atomic E-state index is 6.38. The molecule has 0 amide bonds. The number of rotatable bonds is 5. The van der Waals surface area contributed by atoms with Crippen LogP contribution in [0.2, 0.25) is 10.0 Å². The van der Waals surface area contributed by atoms with Gasteiger partial charge in [0.25, 0.3) is 0 Å². The second-order valence-corrected chi connectivity index (χ2v) is 9.29. The number of H-pyrrole nitrogens is 1. The molecular formula is C20H24Cl2N4S. The Morgan fingerprint density at radius 2 is 1.96 bits per heavy atom. The number of hydrogen-bond donors (Lipinski definition) is 2. The van der Waals surface area contributed by atoms with E-state index in [9.17, 15) is 0 Å². The zero-order chi connectivity index (χ0) is 18.7. The van der Waals surface area contributed by atoms with E-state index in [1.54, 1.807) is 24.0 Å². The Labute approximate surface area is 174 Å². The number of nitrogens with zero attached hydrogens (tertiary/aromatic N) is 2. The average Bonchev–Trinajstić information content (AvgIpc) is 3.36. The third-order valence-corrected chi connectivity index (χ3v) is 7.76. The van der Waals surface area contributed by atoms with Gasteiger partial charge in [-0.1, -0.05) is 53.9 Å². The highest BCUT2D eigenvalue weighted by atomic mass is 35.5. The lowest BCUT2D eigenvalue weighted by Crippen LogP contribution is -2.44. The summed E-state index contributed by atoms with van der Waals surface area (Å²) < 4.78 is 0. The fraction of sp³-hybridized carbons (Fsp3) is 0.450. The lowest BCUT2D eigenvalue weighted by Gasteiger charge is -2.39. The van der Waals surface area contributed by atoms with E-state index in [2.05, 4.69) is 20.4 Å². The Hall–Kier alpha value is -1.14. The van der Waals surface area contributed by atoms with Gasteiger partial charge in [-0.15, -0.1) is 0 Å². The Kier molecular flexibility index (Phi) is 6.02. The predicted molar refractivity (Wildman–Crippen MR) is 114 cm³/mol. The van der Waals surface area contributed by atoms with Crippen molar-refractivity contribution in [1.82, 2.24) is 20.4 Å². The summed E-state index contributed by atoms with van der Waals surface area (Å²) in [4.78, 5) is 9.48. The number of benzene rings is 1. The molecule has 1 aliphatic carbocycles. The van der Waals surface area contributed by atoms with E-state index in [-0.39, 0.29) is 0 Å². The predicted octanol–water partition coefficient (Wildman–Crippen LogP) is 5.97. The van der Waals surface area contributed by atoms with Crippen LogP contribution in [0.5, 0.6) is 0 Å². The van der Waals surface area contributed by atoms with Gasteiger partial charge >= 0.3 is 0 Å². The molecule has 2 aliphatic rings. The van der Waals surface area contributed by atoms with Crippen molar-refractivity contribution in [1.29, 1.82) is 0 Å². The first-order valence-corrected chi connectivity index (χ1v) is 11.1. The number of piperidine rings is 1. The van der Waals surface area contributed by atoms with Gasteiger partial charge < -0.3 is 10.4 Å².